The minimum atomic E-state index is -0.967. The highest BCUT2D eigenvalue weighted by Gasteiger charge is 2.22. The summed E-state index contributed by atoms with van der Waals surface area (Å²) in [5.41, 5.74) is 5.65. The number of carbonyl (C=O) groups excluding carboxylic acids is 1. The molecule has 0 aliphatic carbocycles. The lowest BCUT2D eigenvalue weighted by Gasteiger charge is -2.17. The number of nitrogens with one attached hydrogen (secondary N) is 1. The first-order valence-electron chi connectivity index (χ1n) is 6.66. The number of amides is 1. The topological polar surface area (TPSA) is 92.4 Å². The maximum atomic E-state index is 11.9. The molecular weight excluding hydrogens is 264 g/mol. The lowest BCUT2D eigenvalue weighted by molar-refractivity contribution is -0.142. The van der Waals surface area contributed by atoms with Crippen LogP contribution in [0.25, 0.3) is 0 Å². The smallest absolute Gasteiger partial charge is 0.326 e. The van der Waals surface area contributed by atoms with Gasteiger partial charge in [0.1, 0.15) is 6.04 Å². The Morgan fingerprint density at radius 3 is 2.37 bits per heavy atom. The van der Waals surface area contributed by atoms with Gasteiger partial charge in [0.05, 0.1) is 0 Å². The van der Waals surface area contributed by atoms with Gasteiger partial charge in [0.15, 0.2) is 0 Å². The second-order valence-electron chi connectivity index (χ2n) is 4.99. The second-order valence-corrected chi connectivity index (χ2v) is 5.98. The standard InChI is InChI=1S/C13H26N2O3S/c1-9(5-4-6-10(2)14)12(16)15-11(13(17)18)7-8-19-3/h9-11H,4-8,14H2,1-3H3,(H,15,16)(H,17,18). The largest absolute Gasteiger partial charge is 0.480 e. The van der Waals surface area contributed by atoms with Crippen LogP contribution in [0, 0.1) is 5.92 Å². The molecule has 0 aliphatic rings. The summed E-state index contributed by atoms with van der Waals surface area (Å²) in [4.78, 5) is 22.9. The van der Waals surface area contributed by atoms with E-state index < -0.39 is 12.0 Å². The van der Waals surface area contributed by atoms with Gasteiger partial charge < -0.3 is 16.2 Å². The van der Waals surface area contributed by atoms with Crippen LogP contribution in [0.4, 0.5) is 0 Å². The molecule has 1 amide bonds. The van der Waals surface area contributed by atoms with Gasteiger partial charge in [0, 0.05) is 12.0 Å². The highest BCUT2D eigenvalue weighted by atomic mass is 32.2. The molecule has 0 heterocycles. The Balaban J connectivity index is 4.12. The Kier molecular flexibility index (Phi) is 9.69. The van der Waals surface area contributed by atoms with E-state index >= 15 is 0 Å². The third-order valence-corrected chi connectivity index (χ3v) is 3.61. The van der Waals surface area contributed by atoms with E-state index in [1.807, 2.05) is 20.1 Å². The van der Waals surface area contributed by atoms with Gasteiger partial charge in [-0.3, -0.25) is 4.79 Å². The summed E-state index contributed by atoms with van der Waals surface area (Å²) in [6.45, 7) is 3.76. The molecule has 0 radical (unpaired) electrons. The van der Waals surface area contributed by atoms with E-state index in [0.717, 1.165) is 25.0 Å². The van der Waals surface area contributed by atoms with Crippen molar-refractivity contribution in [2.75, 3.05) is 12.0 Å². The van der Waals surface area contributed by atoms with Crippen molar-refractivity contribution < 1.29 is 14.7 Å². The normalized spacial score (nSPS) is 15.6. The van der Waals surface area contributed by atoms with Gasteiger partial charge in [-0.05, 0) is 38.2 Å². The van der Waals surface area contributed by atoms with Crippen LogP contribution in [-0.2, 0) is 9.59 Å². The number of hydrogen-bond acceptors (Lipinski definition) is 4. The fourth-order valence-electron chi connectivity index (χ4n) is 1.68. The Hall–Kier alpha value is -0.750. The number of aliphatic carboxylic acids is 1. The maximum Gasteiger partial charge on any atom is 0.326 e. The molecule has 19 heavy (non-hydrogen) atoms. The van der Waals surface area contributed by atoms with Crippen LogP contribution in [0.3, 0.4) is 0 Å². The second kappa shape index (κ2) is 10.1. The third kappa shape index (κ3) is 8.88. The highest BCUT2D eigenvalue weighted by Crippen LogP contribution is 2.10. The predicted molar refractivity (Wildman–Crippen MR) is 79.2 cm³/mol. The molecule has 4 N–H and O–H groups in total. The molecule has 0 rings (SSSR count). The number of carbonyl (C=O) groups is 2. The van der Waals surface area contributed by atoms with Gasteiger partial charge in [-0.15, -0.1) is 0 Å². The van der Waals surface area contributed by atoms with E-state index in [4.69, 9.17) is 10.8 Å². The minimum absolute atomic E-state index is 0.142. The average Bonchev–Trinajstić information content (AvgIpc) is 2.33. The average molecular weight is 290 g/mol. The molecule has 0 fully saturated rings. The molecule has 0 spiro atoms. The van der Waals surface area contributed by atoms with Crippen molar-refractivity contribution in [2.24, 2.45) is 11.7 Å². The Bertz CT molecular complexity index is 285. The SMILES string of the molecule is CSCCC(NC(=O)C(C)CCCC(C)N)C(=O)O. The zero-order valence-electron chi connectivity index (χ0n) is 12.0. The summed E-state index contributed by atoms with van der Waals surface area (Å²) in [6, 6.07) is -0.639. The van der Waals surface area contributed by atoms with Crippen molar-refractivity contribution in [3.8, 4) is 0 Å². The summed E-state index contributed by atoms with van der Waals surface area (Å²) in [6.07, 6.45) is 4.87. The first kappa shape index (κ1) is 18.2. The van der Waals surface area contributed by atoms with E-state index in [1.54, 1.807) is 11.8 Å². The van der Waals surface area contributed by atoms with Crippen LogP contribution in [-0.4, -0.2) is 41.1 Å². The Morgan fingerprint density at radius 1 is 1.26 bits per heavy atom. The van der Waals surface area contributed by atoms with Crippen molar-refractivity contribution in [3.05, 3.63) is 0 Å². The number of carboxylic acids is 1. The van der Waals surface area contributed by atoms with E-state index in [-0.39, 0.29) is 17.9 Å². The summed E-state index contributed by atoms with van der Waals surface area (Å²) < 4.78 is 0. The maximum absolute atomic E-state index is 11.9. The first-order valence-corrected chi connectivity index (χ1v) is 8.05. The first-order chi connectivity index (χ1) is 8.88. The van der Waals surface area contributed by atoms with Gasteiger partial charge in [0.2, 0.25) is 5.91 Å². The zero-order valence-corrected chi connectivity index (χ0v) is 12.8. The van der Waals surface area contributed by atoms with Crippen LogP contribution in [0.2, 0.25) is 0 Å². The van der Waals surface area contributed by atoms with Crippen LogP contribution >= 0.6 is 11.8 Å². The van der Waals surface area contributed by atoms with E-state index in [1.165, 1.54) is 0 Å². The van der Waals surface area contributed by atoms with Gasteiger partial charge >= 0.3 is 5.97 Å². The summed E-state index contributed by atoms with van der Waals surface area (Å²) >= 11 is 1.57. The number of rotatable bonds is 10. The molecule has 0 saturated heterocycles. The van der Waals surface area contributed by atoms with Crippen molar-refractivity contribution in [3.63, 3.8) is 0 Å². The monoisotopic (exact) mass is 290 g/mol. The predicted octanol–water partition coefficient (Wildman–Crippen LogP) is 1.46. The van der Waals surface area contributed by atoms with E-state index in [9.17, 15) is 9.59 Å². The lowest BCUT2D eigenvalue weighted by atomic mass is 10.0. The number of nitrogens with two attached hydrogens (primary N) is 1. The van der Waals surface area contributed by atoms with Gasteiger partial charge in [-0.25, -0.2) is 4.79 Å². The van der Waals surface area contributed by atoms with Crippen LogP contribution in [0.15, 0.2) is 0 Å². The molecule has 3 atom stereocenters. The van der Waals surface area contributed by atoms with Gasteiger partial charge in [0.25, 0.3) is 0 Å². The molecule has 5 nitrogen and oxygen atoms in total. The van der Waals surface area contributed by atoms with Crippen LogP contribution in [0.5, 0.6) is 0 Å². The van der Waals surface area contributed by atoms with E-state index in [0.29, 0.717) is 6.42 Å². The van der Waals surface area contributed by atoms with Crippen molar-refractivity contribution >= 4 is 23.6 Å². The summed E-state index contributed by atoms with van der Waals surface area (Å²) in [5.74, 6) is -0.603. The molecule has 0 bridgehead atoms. The van der Waals surface area contributed by atoms with E-state index in [2.05, 4.69) is 5.32 Å². The third-order valence-electron chi connectivity index (χ3n) is 2.97. The quantitative estimate of drug-likeness (QED) is 0.566. The molecule has 6 heteroatoms. The minimum Gasteiger partial charge on any atom is -0.480 e. The summed E-state index contributed by atoms with van der Waals surface area (Å²) in [7, 11) is 0. The fraction of sp³-hybridized carbons (Fsp3) is 0.846. The molecule has 0 saturated carbocycles. The fourth-order valence-corrected chi connectivity index (χ4v) is 2.16. The van der Waals surface area contributed by atoms with Crippen LogP contribution < -0.4 is 11.1 Å². The van der Waals surface area contributed by atoms with Gasteiger partial charge in [-0.1, -0.05) is 13.3 Å². The number of carboxylic acid groups (broad SMARTS) is 1. The molecule has 0 aromatic heterocycles. The number of thioether (sulfide) groups is 1. The molecule has 0 aliphatic heterocycles. The van der Waals surface area contributed by atoms with Crippen molar-refractivity contribution in [1.82, 2.24) is 5.32 Å². The lowest BCUT2D eigenvalue weighted by Crippen LogP contribution is -2.43. The van der Waals surface area contributed by atoms with Crippen LogP contribution in [0.1, 0.15) is 39.5 Å². The molecule has 3 unspecified atom stereocenters. The van der Waals surface area contributed by atoms with Crippen molar-refractivity contribution in [2.45, 2.75) is 51.6 Å². The Labute approximate surface area is 119 Å². The van der Waals surface area contributed by atoms with Crippen molar-refractivity contribution in [1.29, 1.82) is 0 Å². The zero-order chi connectivity index (χ0) is 14.8. The molecule has 0 aromatic carbocycles. The molecule has 112 valence electrons. The molecular formula is C13H26N2O3S. The summed E-state index contributed by atoms with van der Waals surface area (Å²) in [5, 5.41) is 11.6. The number of hydrogen-bond donors (Lipinski definition) is 3. The van der Waals surface area contributed by atoms with Gasteiger partial charge in [-0.2, -0.15) is 11.8 Å². The Morgan fingerprint density at radius 2 is 1.89 bits per heavy atom. The highest BCUT2D eigenvalue weighted by molar-refractivity contribution is 7.98. The molecule has 0 aromatic rings.